The molecule has 0 heterocycles. The molecule has 0 aromatic carbocycles. The third-order valence-corrected chi connectivity index (χ3v) is 3.15. The fraction of sp³-hybridized carbons (Fsp3) is 0.900. The average Bonchev–Trinajstić information content (AvgIpc) is 2.85. The standard InChI is InChI=1S/C10H17NO/c1-4-10(12,8-5-6-8)9(2,3)7-11/h8,12H,4-6H2,1-3H3. The summed E-state index contributed by atoms with van der Waals surface area (Å²) in [6.45, 7) is 5.61. The number of nitrogens with zero attached hydrogens (tertiary/aromatic N) is 1. The highest BCUT2D eigenvalue weighted by Gasteiger charge is 2.52. The lowest BCUT2D eigenvalue weighted by molar-refractivity contribution is -0.0616. The molecule has 0 bridgehead atoms. The van der Waals surface area contributed by atoms with E-state index in [4.69, 9.17) is 5.26 Å². The van der Waals surface area contributed by atoms with Crippen LogP contribution in [0.4, 0.5) is 0 Å². The molecular weight excluding hydrogens is 150 g/mol. The van der Waals surface area contributed by atoms with Gasteiger partial charge in [-0.3, -0.25) is 0 Å². The Morgan fingerprint density at radius 2 is 2.00 bits per heavy atom. The molecule has 0 spiro atoms. The molecule has 1 unspecified atom stereocenters. The SMILES string of the molecule is CCC(O)(C1CC1)C(C)(C)C#N. The fourth-order valence-corrected chi connectivity index (χ4v) is 1.90. The molecule has 0 aromatic rings. The second kappa shape index (κ2) is 2.74. The Kier molecular flexibility index (Phi) is 2.18. The van der Waals surface area contributed by atoms with Gasteiger partial charge >= 0.3 is 0 Å². The summed E-state index contributed by atoms with van der Waals surface area (Å²) in [4.78, 5) is 0. The zero-order valence-corrected chi connectivity index (χ0v) is 8.09. The van der Waals surface area contributed by atoms with E-state index >= 15 is 0 Å². The largest absolute Gasteiger partial charge is 0.388 e. The van der Waals surface area contributed by atoms with Crippen LogP contribution in [-0.2, 0) is 0 Å². The summed E-state index contributed by atoms with van der Waals surface area (Å²) < 4.78 is 0. The lowest BCUT2D eigenvalue weighted by Crippen LogP contribution is -2.45. The van der Waals surface area contributed by atoms with Crippen LogP contribution in [0.5, 0.6) is 0 Å². The molecule has 0 amide bonds. The average molecular weight is 167 g/mol. The summed E-state index contributed by atoms with van der Waals surface area (Å²) >= 11 is 0. The Balaban J connectivity index is 2.86. The first-order valence-corrected chi connectivity index (χ1v) is 4.61. The van der Waals surface area contributed by atoms with Crippen LogP contribution in [0, 0.1) is 22.7 Å². The molecule has 12 heavy (non-hydrogen) atoms. The summed E-state index contributed by atoms with van der Waals surface area (Å²) in [5.41, 5.74) is -1.37. The zero-order valence-electron chi connectivity index (χ0n) is 8.09. The number of hydrogen-bond acceptors (Lipinski definition) is 2. The normalized spacial score (nSPS) is 22.9. The Hall–Kier alpha value is -0.550. The van der Waals surface area contributed by atoms with Gasteiger partial charge in [-0.15, -0.1) is 0 Å². The molecule has 0 aromatic heterocycles. The number of aliphatic hydroxyl groups is 1. The van der Waals surface area contributed by atoms with E-state index in [-0.39, 0.29) is 0 Å². The highest BCUT2D eigenvalue weighted by atomic mass is 16.3. The van der Waals surface area contributed by atoms with Crippen LogP contribution in [0.25, 0.3) is 0 Å². The minimum Gasteiger partial charge on any atom is -0.388 e. The van der Waals surface area contributed by atoms with Gasteiger partial charge in [-0.25, -0.2) is 0 Å². The van der Waals surface area contributed by atoms with Crippen molar-refractivity contribution in [3.8, 4) is 6.07 Å². The summed E-state index contributed by atoms with van der Waals surface area (Å²) in [6, 6.07) is 2.20. The minimum absolute atomic E-state index is 0.358. The van der Waals surface area contributed by atoms with E-state index in [0.29, 0.717) is 12.3 Å². The van der Waals surface area contributed by atoms with Gasteiger partial charge in [0.05, 0.1) is 17.1 Å². The monoisotopic (exact) mass is 167 g/mol. The van der Waals surface area contributed by atoms with Gasteiger partial charge in [-0.2, -0.15) is 5.26 Å². The molecule has 68 valence electrons. The van der Waals surface area contributed by atoms with Crippen molar-refractivity contribution in [1.82, 2.24) is 0 Å². The van der Waals surface area contributed by atoms with Crippen molar-refractivity contribution < 1.29 is 5.11 Å². The zero-order chi connectivity index (χ0) is 9.41. The van der Waals surface area contributed by atoms with Crippen molar-refractivity contribution in [2.24, 2.45) is 11.3 Å². The van der Waals surface area contributed by atoms with Crippen LogP contribution in [-0.4, -0.2) is 10.7 Å². The quantitative estimate of drug-likeness (QED) is 0.699. The van der Waals surface area contributed by atoms with Gasteiger partial charge in [0.2, 0.25) is 0 Å². The second-order valence-electron chi connectivity index (χ2n) is 4.29. The fourth-order valence-electron chi connectivity index (χ4n) is 1.90. The minimum atomic E-state index is -0.762. The van der Waals surface area contributed by atoms with Gasteiger partial charge < -0.3 is 5.11 Å². The summed E-state index contributed by atoms with van der Waals surface area (Å²) in [7, 11) is 0. The smallest absolute Gasteiger partial charge is 0.0853 e. The molecule has 1 atom stereocenters. The van der Waals surface area contributed by atoms with Gasteiger partial charge in [-0.1, -0.05) is 6.92 Å². The molecule has 2 heteroatoms. The van der Waals surface area contributed by atoms with E-state index < -0.39 is 11.0 Å². The Labute approximate surface area is 74.2 Å². The molecule has 1 aliphatic carbocycles. The van der Waals surface area contributed by atoms with Crippen LogP contribution in [0.1, 0.15) is 40.0 Å². The first kappa shape index (κ1) is 9.54. The maximum Gasteiger partial charge on any atom is 0.0853 e. The first-order valence-electron chi connectivity index (χ1n) is 4.61. The third kappa shape index (κ3) is 1.23. The summed E-state index contributed by atoms with van der Waals surface area (Å²) in [5.74, 6) is 0.358. The summed E-state index contributed by atoms with van der Waals surface area (Å²) in [5, 5.41) is 19.2. The molecule has 0 saturated heterocycles. The Morgan fingerprint density at radius 1 is 1.50 bits per heavy atom. The van der Waals surface area contributed by atoms with Gasteiger partial charge in [0, 0.05) is 0 Å². The van der Waals surface area contributed by atoms with Crippen LogP contribution >= 0.6 is 0 Å². The van der Waals surface area contributed by atoms with Crippen LogP contribution in [0.3, 0.4) is 0 Å². The number of rotatable bonds is 3. The summed E-state index contributed by atoms with van der Waals surface area (Å²) in [6.07, 6.45) is 2.84. The van der Waals surface area contributed by atoms with Crippen molar-refractivity contribution in [2.45, 2.75) is 45.6 Å². The topological polar surface area (TPSA) is 44.0 Å². The van der Waals surface area contributed by atoms with Crippen molar-refractivity contribution in [3.63, 3.8) is 0 Å². The molecule has 1 rings (SSSR count). The molecule has 1 saturated carbocycles. The Bertz CT molecular complexity index is 212. The van der Waals surface area contributed by atoms with E-state index in [1.807, 2.05) is 20.8 Å². The van der Waals surface area contributed by atoms with E-state index in [2.05, 4.69) is 6.07 Å². The van der Waals surface area contributed by atoms with E-state index in [1.165, 1.54) is 0 Å². The van der Waals surface area contributed by atoms with E-state index in [1.54, 1.807) is 0 Å². The lowest BCUT2D eigenvalue weighted by Gasteiger charge is -2.37. The highest BCUT2D eigenvalue weighted by Crippen LogP contribution is 2.50. The van der Waals surface area contributed by atoms with Crippen LogP contribution in [0.15, 0.2) is 0 Å². The van der Waals surface area contributed by atoms with Crippen molar-refractivity contribution in [1.29, 1.82) is 5.26 Å². The first-order chi connectivity index (χ1) is 5.48. The highest BCUT2D eigenvalue weighted by molar-refractivity contribution is 5.11. The molecular formula is C10H17NO. The van der Waals surface area contributed by atoms with Crippen molar-refractivity contribution in [2.75, 3.05) is 0 Å². The lowest BCUT2D eigenvalue weighted by atomic mass is 9.71. The van der Waals surface area contributed by atoms with Crippen LogP contribution < -0.4 is 0 Å². The van der Waals surface area contributed by atoms with Gasteiger partial charge in [0.1, 0.15) is 0 Å². The van der Waals surface area contributed by atoms with Gasteiger partial charge in [0.25, 0.3) is 0 Å². The molecule has 0 radical (unpaired) electrons. The molecule has 1 fully saturated rings. The van der Waals surface area contributed by atoms with E-state index in [9.17, 15) is 5.11 Å². The third-order valence-electron chi connectivity index (χ3n) is 3.15. The van der Waals surface area contributed by atoms with Gasteiger partial charge in [0.15, 0.2) is 0 Å². The van der Waals surface area contributed by atoms with Crippen molar-refractivity contribution in [3.05, 3.63) is 0 Å². The Morgan fingerprint density at radius 3 is 2.25 bits per heavy atom. The maximum absolute atomic E-state index is 10.3. The van der Waals surface area contributed by atoms with Crippen molar-refractivity contribution >= 4 is 0 Å². The van der Waals surface area contributed by atoms with Crippen LogP contribution in [0.2, 0.25) is 0 Å². The predicted molar refractivity (Wildman–Crippen MR) is 47.4 cm³/mol. The maximum atomic E-state index is 10.3. The second-order valence-corrected chi connectivity index (χ2v) is 4.29. The predicted octanol–water partition coefficient (Wildman–Crippen LogP) is 2.09. The number of hydrogen-bond donors (Lipinski definition) is 1. The molecule has 1 N–H and O–H groups in total. The molecule has 1 aliphatic rings. The van der Waals surface area contributed by atoms with Gasteiger partial charge in [-0.05, 0) is 39.0 Å². The molecule has 0 aliphatic heterocycles. The number of nitriles is 1. The van der Waals surface area contributed by atoms with E-state index in [0.717, 1.165) is 12.8 Å². The molecule has 2 nitrogen and oxygen atoms in total.